The largest absolute Gasteiger partial charge is 0.271 e. The smallest absolute Gasteiger partial charge is 0.0420 e. The Morgan fingerprint density at radius 1 is 1.44 bits per heavy atom. The molecule has 0 fully saturated rings. The van der Waals surface area contributed by atoms with Crippen LogP contribution in [0, 0.1) is 5.41 Å². The standard InChI is InChI=1S/C12H20BrN3/c1-12(2,3)7-11(16-14)6-10-5-4-9(13)8-15-10/h4-5,8,11,16H,6-7,14H2,1-3H3. The van der Waals surface area contributed by atoms with Gasteiger partial charge in [-0.15, -0.1) is 0 Å². The normalized spacial score (nSPS) is 13.8. The van der Waals surface area contributed by atoms with Crippen LogP contribution in [0.3, 0.4) is 0 Å². The first-order chi connectivity index (χ1) is 7.40. The molecule has 0 bridgehead atoms. The maximum atomic E-state index is 5.57. The number of hydrogen-bond donors (Lipinski definition) is 2. The SMILES string of the molecule is CC(C)(C)CC(Cc1ccc(Br)cn1)NN. The third kappa shape index (κ3) is 5.05. The Labute approximate surface area is 106 Å². The Morgan fingerprint density at radius 3 is 2.56 bits per heavy atom. The number of nitrogens with two attached hydrogens (primary N) is 1. The molecule has 1 atom stereocenters. The van der Waals surface area contributed by atoms with Gasteiger partial charge in [-0.25, -0.2) is 0 Å². The number of halogens is 1. The fraction of sp³-hybridized carbons (Fsp3) is 0.583. The Balaban J connectivity index is 2.60. The molecule has 1 aromatic rings. The first kappa shape index (κ1) is 13.6. The van der Waals surface area contributed by atoms with Crippen LogP contribution < -0.4 is 11.3 Å². The lowest BCUT2D eigenvalue weighted by Crippen LogP contribution is -2.39. The summed E-state index contributed by atoms with van der Waals surface area (Å²) in [7, 11) is 0. The second kappa shape index (κ2) is 5.75. The van der Waals surface area contributed by atoms with Gasteiger partial charge in [0.1, 0.15) is 0 Å². The molecule has 1 aromatic heterocycles. The summed E-state index contributed by atoms with van der Waals surface area (Å²) in [4.78, 5) is 4.35. The lowest BCUT2D eigenvalue weighted by molar-refractivity contribution is 0.307. The summed E-state index contributed by atoms with van der Waals surface area (Å²) in [5, 5.41) is 0. The Bertz CT molecular complexity index is 316. The van der Waals surface area contributed by atoms with E-state index in [1.807, 2.05) is 18.3 Å². The molecule has 16 heavy (non-hydrogen) atoms. The molecule has 4 heteroatoms. The van der Waals surface area contributed by atoms with Gasteiger partial charge < -0.3 is 0 Å². The lowest BCUT2D eigenvalue weighted by Gasteiger charge is -2.25. The van der Waals surface area contributed by atoms with Crippen molar-refractivity contribution in [1.82, 2.24) is 10.4 Å². The van der Waals surface area contributed by atoms with Crippen LogP contribution in [-0.4, -0.2) is 11.0 Å². The molecule has 1 unspecified atom stereocenters. The van der Waals surface area contributed by atoms with Crippen LogP contribution in [0.25, 0.3) is 0 Å². The van der Waals surface area contributed by atoms with E-state index in [1.165, 1.54) is 0 Å². The van der Waals surface area contributed by atoms with Crippen LogP contribution in [-0.2, 0) is 6.42 Å². The molecular weight excluding hydrogens is 266 g/mol. The highest BCUT2D eigenvalue weighted by Gasteiger charge is 2.18. The summed E-state index contributed by atoms with van der Waals surface area (Å²) in [6, 6.07) is 4.30. The van der Waals surface area contributed by atoms with Gasteiger partial charge in [0, 0.05) is 28.8 Å². The zero-order chi connectivity index (χ0) is 12.2. The van der Waals surface area contributed by atoms with E-state index < -0.39 is 0 Å². The van der Waals surface area contributed by atoms with E-state index in [2.05, 4.69) is 47.1 Å². The fourth-order valence-corrected chi connectivity index (χ4v) is 1.94. The van der Waals surface area contributed by atoms with E-state index >= 15 is 0 Å². The van der Waals surface area contributed by atoms with E-state index in [0.29, 0.717) is 0 Å². The quantitative estimate of drug-likeness (QED) is 0.661. The van der Waals surface area contributed by atoms with Crippen LogP contribution in [0.2, 0.25) is 0 Å². The molecule has 1 rings (SSSR count). The van der Waals surface area contributed by atoms with Crippen LogP contribution in [0.15, 0.2) is 22.8 Å². The van der Waals surface area contributed by atoms with Gasteiger partial charge in [0.15, 0.2) is 0 Å². The Morgan fingerprint density at radius 2 is 2.12 bits per heavy atom. The molecular formula is C12H20BrN3. The van der Waals surface area contributed by atoms with Crippen molar-refractivity contribution in [1.29, 1.82) is 0 Å². The molecule has 0 saturated heterocycles. The van der Waals surface area contributed by atoms with E-state index in [0.717, 1.165) is 23.0 Å². The lowest BCUT2D eigenvalue weighted by atomic mass is 9.87. The van der Waals surface area contributed by atoms with Gasteiger partial charge in [-0.3, -0.25) is 16.3 Å². The average Bonchev–Trinajstić information content (AvgIpc) is 2.18. The monoisotopic (exact) mass is 285 g/mol. The van der Waals surface area contributed by atoms with Crippen LogP contribution in [0.4, 0.5) is 0 Å². The number of nitrogens with zero attached hydrogens (tertiary/aromatic N) is 1. The molecule has 0 aliphatic carbocycles. The highest BCUT2D eigenvalue weighted by molar-refractivity contribution is 9.10. The number of nitrogens with one attached hydrogen (secondary N) is 1. The fourth-order valence-electron chi connectivity index (χ4n) is 1.71. The summed E-state index contributed by atoms with van der Waals surface area (Å²) in [5.74, 6) is 5.57. The molecule has 0 spiro atoms. The average molecular weight is 286 g/mol. The third-order valence-electron chi connectivity index (χ3n) is 2.34. The van der Waals surface area contributed by atoms with Crippen molar-refractivity contribution in [2.75, 3.05) is 0 Å². The van der Waals surface area contributed by atoms with E-state index in [4.69, 9.17) is 5.84 Å². The van der Waals surface area contributed by atoms with Gasteiger partial charge in [-0.2, -0.15) is 0 Å². The maximum absolute atomic E-state index is 5.57. The third-order valence-corrected chi connectivity index (χ3v) is 2.81. The van der Waals surface area contributed by atoms with E-state index in [9.17, 15) is 0 Å². The molecule has 3 nitrogen and oxygen atoms in total. The van der Waals surface area contributed by atoms with E-state index in [1.54, 1.807) is 0 Å². The summed E-state index contributed by atoms with van der Waals surface area (Å²) in [5.41, 5.74) is 4.21. The minimum absolute atomic E-state index is 0.270. The van der Waals surface area contributed by atoms with Crippen molar-refractivity contribution < 1.29 is 0 Å². The summed E-state index contributed by atoms with van der Waals surface area (Å²) in [6.07, 6.45) is 3.71. The number of hydrazine groups is 1. The number of pyridine rings is 1. The Hall–Kier alpha value is -0.450. The molecule has 1 heterocycles. The molecule has 0 aromatic carbocycles. The summed E-state index contributed by atoms with van der Waals surface area (Å²) in [6.45, 7) is 6.64. The van der Waals surface area contributed by atoms with Crippen molar-refractivity contribution in [3.63, 3.8) is 0 Å². The predicted octanol–water partition coefficient (Wildman–Crippen LogP) is 2.65. The van der Waals surface area contributed by atoms with Gasteiger partial charge in [0.25, 0.3) is 0 Å². The maximum Gasteiger partial charge on any atom is 0.0420 e. The first-order valence-corrected chi connectivity index (χ1v) is 6.26. The van der Waals surface area contributed by atoms with Gasteiger partial charge in [-0.05, 0) is 39.9 Å². The predicted molar refractivity (Wildman–Crippen MR) is 70.8 cm³/mol. The first-order valence-electron chi connectivity index (χ1n) is 5.47. The van der Waals surface area contributed by atoms with Gasteiger partial charge in [-0.1, -0.05) is 20.8 Å². The molecule has 3 N–H and O–H groups in total. The molecule has 0 aliphatic rings. The molecule has 0 amide bonds. The van der Waals surface area contributed by atoms with Crippen molar-refractivity contribution in [2.45, 2.75) is 39.7 Å². The van der Waals surface area contributed by atoms with Gasteiger partial charge >= 0.3 is 0 Å². The molecule has 90 valence electrons. The van der Waals surface area contributed by atoms with Gasteiger partial charge in [0.05, 0.1) is 0 Å². The zero-order valence-electron chi connectivity index (χ0n) is 10.1. The highest BCUT2D eigenvalue weighted by atomic mass is 79.9. The summed E-state index contributed by atoms with van der Waals surface area (Å²) >= 11 is 3.37. The van der Waals surface area contributed by atoms with Crippen molar-refractivity contribution in [3.05, 3.63) is 28.5 Å². The molecule has 0 saturated carbocycles. The van der Waals surface area contributed by atoms with Crippen molar-refractivity contribution in [2.24, 2.45) is 11.3 Å². The summed E-state index contributed by atoms with van der Waals surface area (Å²) < 4.78 is 1.00. The van der Waals surface area contributed by atoms with Crippen LogP contribution in [0.5, 0.6) is 0 Å². The van der Waals surface area contributed by atoms with Gasteiger partial charge in [0.2, 0.25) is 0 Å². The molecule has 0 aliphatic heterocycles. The van der Waals surface area contributed by atoms with E-state index in [-0.39, 0.29) is 11.5 Å². The topological polar surface area (TPSA) is 50.9 Å². The number of rotatable bonds is 4. The second-order valence-electron chi connectivity index (χ2n) is 5.30. The van der Waals surface area contributed by atoms with Crippen LogP contribution in [0.1, 0.15) is 32.9 Å². The number of aromatic nitrogens is 1. The van der Waals surface area contributed by atoms with Crippen molar-refractivity contribution in [3.8, 4) is 0 Å². The highest BCUT2D eigenvalue weighted by Crippen LogP contribution is 2.22. The van der Waals surface area contributed by atoms with Crippen molar-refractivity contribution >= 4 is 15.9 Å². The second-order valence-corrected chi connectivity index (χ2v) is 6.22. The minimum Gasteiger partial charge on any atom is -0.271 e. The zero-order valence-corrected chi connectivity index (χ0v) is 11.7. The number of hydrogen-bond acceptors (Lipinski definition) is 3. The Kier molecular flexibility index (Phi) is 4.89. The minimum atomic E-state index is 0.270. The molecule has 0 radical (unpaired) electrons. The van der Waals surface area contributed by atoms with Crippen LogP contribution >= 0.6 is 15.9 Å².